The van der Waals surface area contributed by atoms with Crippen molar-refractivity contribution < 1.29 is 14.1 Å². The summed E-state index contributed by atoms with van der Waals surface area (Å²) in [5.41, 5.74) is 2.04. The smallest absolute Gasteiger partial charge is 0.153 e. The van der Waals surface area contributed by atoms with Gasteiger partial charge in [0.05, 0.1) is 13.2 Å². The van der Waals surface area contributed by atoms with Crippen LogP contribution in [0.25, 0.3) is 0 Å². The molecule has 116 valence electrons. The van der Waals surface area contributed by atoms with E-state index in [1.807, 2.05) is 50.2 Å². The summed E-state index contributed by atoms with van der Waals surface area (Å²) >= 11 is -1.21. The molecule has 1 fully saturated rings. The van der Waals surface area contributed by atoms with Crippen LogP contribution in [0.4, 0.5) is 0 Å². The van der Waals surface area contributed by atoms with Crippen LogP contribution in [0.3, 0.4) is 0 Å². The van der Waals surface area contributed by atoms with Gasteiger partial charge in [-0.1, -0.05) is 12.1 Å². The van der Waals surface area contributed by atoms with Gasteiger partial charge < -0.3 is 9.29 Å². The molecule has 1 aliphatic rings. The first-order chi connectivity index (χ1) is 9.75. The first kappa shape index (κ1) is 16.3. The maximum Gasteiger partial charge on any atom is 0.153 e. The van der Waals surface area contributed by atoms with E-state index in [1.165, 1.54) is 0 Å². The predicted molar refractivity (Wildman–Crippen MR) is 84.7 cm³/mol. The number of benzene rings is 1. The van der Waals surface area contributed by atoms with Crippen LogP contribution in [0.5, 0.6) is 5.75 Å². The fourth-order valence-corrected chi connectivity index (χ4v) is 4.05. The van der Waals surface area contributed by atoms with E-state index in [-0.39, 0.29) is 23.1 Å². The predicted octanol–water partition coefficient (Wildman–Crippen LogP) is 2.78. The Morgan fingerprint density at radius 3 is 2.62 bits per heavy atom. The number of carbonyl (C=O) groups is 1. The summed E-state index contributed by atoms with van der Waals surface area (Å²) in [5.74, 6) is 0.938. The van der Waals surface area contributed by atoms with Crippen molar-refractivity contribution in [2.24, 2.45) is 0 Å². The number of hydrogen-bond donors (Lipinski definition) is 0. The van der Waals surface area contributed by atoms with Crippen molar-refractivity contribution in [2.75, 3.05) is 13.7 Å². The molecular formula is C16H23NO3S. The van der Waals surface area contributed by atoms with E-state index in [9.17, 15) is 9.35 Å². The van der Waals surface area contributed by atoms with Gasteiger partial charge in [0.2, 0.25) is 0 Å². The van der Waals surface area contributed by atoms with E-state index in [2.05, 4.69) is 0 Å². The Labute approximate surface area is 129 Å². The molecule has 0 aliphatic carbocycles. The summed E-state index contributed by atoms with van der Waals surface area (Å²) in [6, 6.07) is 5.68. The largest absolute Gasteiger partial charge is 0.597 e. The fraction of sp³-hybridized carbons (Fsp3) is 0.562. The molecule has 1 aliphatic heterocycles. The summed E-state index contributed by atoms with van der Waals surface area (Å²) < 4.78 is 19.5. The minimum Gasteiger partial charge on any atom is -0.597 e. The summed E-state index contributed by atoms with van der Waals surface area (Å²) in [4.78, 5) is 11.9. The quantitative estimate of drug-likeness (QED) is 0.806. The molecule has 0 spiro atoms. The lowest BCUT2D eigenvalue weighted by atomic mass is 9.99. The highest BCUT2D eigenvalue weighted by molar-refractivity contribution is 7.90. The number of Topliss-reactive ketones (excluding diaryl/α,β-unsaturated/α-hetero) is 1. The number of methoxy groups -OCH3 is 1. The van der Waals surface area contributed by atoms with Gasteiger partial charge in [0.15, 0.2) is 5.78 Å². The highest BCUT2D eigenvalue weighted by atomic mass is 32.2. The van der Waals surface area contributed by atoms with E-state index in [0.29, 0.717) is 6.42 Å². The van der Waals surface area contributed by atoms with Crippen LogP contribution in [0.1, 0.15) is 44.4 Å². The van der Waals surface area contributed by atoms with E-state index in [4.69, 9.17) is 4.74 Å². The third kappa shape index (κ3) is 3.25. The Balaban J connectivity index is 2.39. The van der Waals surface area contributed by atoms with Gasteiger partial charge in [-0.05, 0) is 44.9 Å². The molecule has 4 nitrogen and oxygen atoms in total. The van der Waals surface area contributed by atoms with Crippen LogP contribution in [0, 0.1) is 6.92 Å². The number of nitrogens with zero attached hydrogens (tertiary/aromatic N) is 1. The minimum atomic E-state index is -1.21. The summed E-state index contributed by atoms with van der Waals surface area (Å²) in [6.07, 6.45) is 0.413. The highest BCUT2D eigenvalue weighted by Crippen LogP contribution is 2.39. The minimum absolute atomic E-state index is 0.132. The fourth-order valence-electron chi connectivity index (χ4n) is 2.67. The van der Waals surface area contributed by atoms with Crippen molar-refractivity contribution in [3.8, 4) is 5.75 Å². The van der Waals surface area contributed by atoms with Crippen LogP contribution < -0.4 is 4.74 Å². The Hall–Kier alpha value is -1.04. The highest BCUT2D eigenvalue weighted by Gasteiger charge is 2.44. The van der Waals surface area contributed by atoms with Crippen LogP contribution in [-0.2, 0) is 16.2 Å². The van der Waals surface area contributed by atoms with Gasteiger partial charge in [-0.2, -0.15) is 0 Å². The molecule has 1 saturated heterocycles. The number of rotatable bonds is 3. The molecule has 0 N–H and O–H groups in total. The molecule has 0 aromatic heterocycles. The van der Waals surface area contributed by atoms with Crippen LogP contribution in [-0.4, -0.2) is 33.0 Å². The van der Waals surface area contributed by atoms with Gasteiger partial charge in [0.1, 0.15) is 17.0 Å². The lowest BCUT2D eigenvalue weighted by Crippen LogP contribution is -2.43. The SMILES string of the molecule is COc1cccc([C@@H]2CC(=O)CN2[S+]([O-])C(C)(C)C)c1C. The Morgan fingerprint density at radius 1 is 1.38 bits per heavy atom. The Kier molecular flexibility index (Phi) is 4.66. The van der Waals surface area contributed by atoms with E-state index in [0.717, 1.165) is 16.9 Å². The molecule has 0 radical (unpaired) electrons. The lowest BCUT2D eigenvalue weighted by molar-refractivity contribution is -0.116. The van der Waals surface area contributed by atoms with Crippen molar-refractivity contribution in [1.82, 2.24) is 4.31 Å². The van der Waals surface area contributed by atoms with Crippen molar-refractivity contribution in [3.05, 3.63) is 29.3 Å². The third-order valence-electron chi connectivity index (χ3n) is 3.74. The number of ketones is 1. The van der Waals surface area contributed by atoms with Crippen molar-refractivity contribution >= 4 is 17.1 Å². The van der Waals surface area contributed by atoms with Crippen LogP contribution >= 0.6 is 0 Å². The number of carbonyl (C=O) groups excluding carboxylic acids is 1. The van der Waals surface area contributed by atoms with E-state index in [1.54, 1.807) is 7.11 Å². The van der Waals surface area contributed by atoms with Gasteiger partial charge in [-0.3, -0.25) is 4.79 Å². The Morgan fingerprint density at radius 2 is 2.05 bits per heavy atom. The third-order valence-corrected chi connectivity index (χ3v) is 5.60. The Bertz CT molecular complexity index is 539. The molecular weight excluding hydrogens is 286 g/mol. The second kappa shape index (κ2) is 5.99. The van der Waals surface area contributed by atoms with Gasteiger partial charge in [-0.25, -0.2) is 0 Å². The second-order valence-corrected chi connectivity index (χ2v) is 8.56. The van der Waals surface area contributed by atoms with Gasteiger partial charge in [0.25, 0.3) is 0 Å². The first-order valence-corrected chi connectivity index (χ1v) is 8.20. The number of ether oxygens (including phenoxy) is 1. The number of hydrogen-bond acceptors (Lipinski definition) is 4. The zero-order valence-electron chi connectivity index (χ0n) is 13.3. The van der Waals surface area contributed by atoms with Gasteiger partial charge in [-0.15, -0.1) is 4.31 Å². The topological polar surface area (TPSA) is 52.6 Å². The maximum atomic E-state index is 12.7. The molecule has 0 amide bonds. The molecule has 1 aromatic carbocycles. The zero-order valence-corrected chi connectivity index (χ0v) is 14.1. The molecule has 2 atom stereocenters. The normalized spacial score (nSPS) is 21.6. The molecule has 1 aromatic rings. The summed E-state index contributed by atoms with van der Waals surface area (Å²) in [7, 11) is 1.64. The monoisotopic (exact) mass is 309 g/mol. The van der Waals surface area contributed by atoms with Crippen molar-refractivity contribution in [3.63, 3.8) is 0 Å². The van der Waals surface area contributed by atoms with Gasteiger partial charge in [0, 0.05) is 17.8 Å². The van der Waals surface area contributed by atoms with Crippen LogP contribution in [0.2, 0.25) is 0 Å². The molecule has 2 rings (SSSR count). The van der Waals surface area contributed by atoms with Crippen molar-refractivity contribution in [2.45, 2.75) is 44.9 Å². The average molecular weight is 309 g/mol. The van der Waals surface area contributed by atoms with E-state index >= 15 is 0 Å². The molecule has 21 heavy (non-hydrogen) atoms. The molecule has 0 saturated carbocycles. The van der Waals surface area contributed by atoms with Gasteiger partial charge >= 0.3 is 0 Å². The average Bonchev–Trinajstić information content (AvgIpc) is 2.78. The molecule has 5 heteroatoms. The molecule has 1 unspecified atom stereocenters. The molecule has 0 bridgehead atoms. The van der Waals surface area contributed by atoms with E-state index < -0.39 is 11.4 Å². The molecule has 1 heterocycles. The first-order valence-electron chi connectivity index (χ1n) is 7.09. The zero-order chi connectivity index (χ0) is 15.8. The van der Waals surface area contributed by atoms with Crippen molar-refractivity contribution in [1.29, 1.82) is 0 Å². The maximum absolute atomic E-state index is 12.7. The lowest BCUT2D eigenvalue weighted by Gasteiger charge is -2.33. The standard InChI is InChI=1S/C16H23NO3S/c1-11-13(7-6-8-15(11)20-5)14-9-12(18)10-17(14)21(19)16(2,3)4/h6-8,14H,9-10H2,1-5H3/t14-,21?/m0/s1. The second-order valence-electron chi connectivity index (χ2n) is 6.37. The summed E-state index contributed by atoms with van der Waals surface area (Å²) in [5, 5.41) is 0. The van der Waals surface area contributed by atoms with Crippen LogP contribution in [0.15, 0.2) is 18.2 Å². The summed E-state index contributed by atoms with van der Waals surface area (Å²) in [6.45, 7) is 8.03.